The molecule has 0 aliphatic carbocycles. The lowest BCUT2D eigenvalue weighted by atomic mass is 10.2. The van der Waals surface area contributed by atoms with Crippen molar-refractivity contribution in [3.8, 4) is 0 Å². The van der Waals surface area contributed by atoms with E-state index in [0.29, 0.717) is 12.5 Å². The van der Waals surface area contributed by atoms with Crippen molar-refractivity contribution in [3.63, 3.8) is 0 Å². The number of aromatic nitrogens is 1. The van der Waals surface area contributed by atoms with Crippen LogP contribution in [0.4, 0.5) is 0 Å². The van der Waals surface area contributed by atoms with Crippen LogP contribution in [-0.4, -0.2) is 44.5 Å². The number of thiazole rings is 1. The monoisotopic (exact) mass is 286 g/mol. The number of methoxy groups -OCH3 is 1. The van der Waals surface area contributed by atoms with Gasteiger partial charge in [-0.2, -0.15) is 0 Å². The predicted molar refractivity (Wildman–Crippen MR) is 79.9 cm³/mol. The van der Waals surface area contributed by atoms with Crippen LogP contribution in [0, 0.1) is 12.8 Å². The molecule has 19 heavy (non-hydrogen) atoms. The Bertz CT molecular complexity index is 342. The summed E-state index contributed by atoms with van der Waals surface area (Å²) in [4.78, 5) is 5.56. The fourth-order valence-electron chi connectivity index (χ4n) is 1.77. The molecule has 0 radical (unpaired) electrons. The lowest BCUT2D eigenvalue weighted by molar-refractivity contribution is 0.000322. The van der Waals surface area contributed by atoms with Gasteiger partial charge in [0.25, 0.3) is 0 Å². The Morgan fingerprint density at radius 2 is 2.16 bits per heavy atom. The van der Waals surface area contributed by atoms with E-state index in [2.05, 4.69) is 24.1 Å². The van der Waals surface area contributed by atoms with E-state index in [4.69, 9.17) is 9.47 Å². The van der Waals surface area contributed by atoms with E-state index in [1.807, 2.05) is 12.4 Å². The smallest absolute Gasteiger partial charge is 0.0932 e. The van der Waals surface area contributed by atoms with E-state index in [9.17, 15) is 0 Å². The zero-order valence-corrected chi connectivity index (χ0v) is 13.3. The summed E-state index contributed by atoms with van der Waals surface area (Å²) in [5.41, 5.74) is 3.01. The summed E-state index contributed by atoms with van der Waals surface area (Å²) in [5, 5.41) is 3.41. The maximum absolute atomic E-state index is 5.88. The first-order valence-electron chi connectivity index (χ1n) is 6.83. The number of hydrogen-bond acceptors (Lipinski definition) is 5. The fraction of sp³-hybridized carbons (Fsp3) is 0.786. The Morgan fingerprint density at radius 3 is 2.74 bits per heavy atom. The summed E-state index contributed by atoms with van der Waals surface area (Å²) < 4.78 is 11.1. The zero-order chi connectivity index (χ0) is 14.1. The van der Waals surface area contributed by atoms with Gasteiger partial charge in [0.05, 0.1) is 30.5 Å². The average Bonchev–Trinajstić information content (AvgIpc) is 2.75. The molecule has 1 unspecified atom stereocenters. The van der Waals surface area contributed by atoms with Crippen LogP contribution in [0.15, 0.2) is 5.51 Å². The first-order valence-corrected chi connectivity index (χ1v) is 7.71. The molecule has 4 nitrogen and oxygen atoms in total. The normalized spacial score (nSPS) is 13.1. The number of nitrogens with zero attached hydrogens (tertiary/aromatic N) is 1. The van der Waals surface area contributed by atoms with E-state index in [1.54, 1.807) is 18.4 Å². The highest BCUT2D eigenvalue weighted by Crippen LogP contribution is 2.12. The van der Waals surface area contributed by atoms with Crippen molar-refractivity contribution in [2.45, 2.75) is 33.3 Å². The molecule has 1 heterocycles. The molecule has 0 amide bonds. The summed E-state index contributed by atoms with van der Waals surface area (Å²) >= 11 is 1.70. The third-order valence-corrected chi connectivity index (χ3v) is 3.80. The van der Waals surface area contributed by atoms with Crippen LogP contribution in [0.5, 0.6) is 0 Å². The van der Waals surface area contributed by atoms with Gasteiger partial charge in [-0.3, -0.25) is 0 Å². The Morgan fingerprint density at radius 1 is 1.37 bits per heavy atom. The van der Waals surface area contributed by atoms with Gasteiger partial charge in [-0.05, 0) is 19.4 Å². The molecule has 0 saturated heterocycles. The molecular formula is C14H26N2O2S. The van der Waals surface area contributed by atoms with Crippen LogP contribution < -0.4 is 5.32 Å². The second-order valence-corrected chi connectivity index (χ2v) is 6.05. The molecule has 0 aliphatic heterocycles. The topological polar surface area (TPSA) is 43.4 Å². The summed E-state index contributed by atoms with van der Waals surface area (Å²) in [6, 6.07) is 0. The minimum absolute atomic E-state index is 0.122. The van der Waals surface area contributed by atoms with Crippen LogP contribution in [0.2, 0.25) is 0 Å². The highest BCUT2D eigenvalue weighted by atomic mass is 32.1. The number of hydrogen-bond donors (Lipinski definition) is 1. The van der Waals surface area contributed by atoms with Crippen molar-refractivity contribution in [2.24, 2.45) is 5.92 Å². The predicted octanol–water partition coefficient (Wildman–Crippen LogP) is 2.27. The van der Waals surface area contributed by atoms with E-state index in [-0.39, 0.29) is 6.10 Å². The maximum atomic E-state index is 5.88. The Kier molecular flexibility index (Phi) is 8.21. The molecule has 1 atom stereocenters. The quantitative estimate of drug-likeness (QED) is 0.716. The lowest BCUT2D eigenvalue weighted by Gasteiger charge is -2.18. The zero-order valence-electron chi connectivity index (χ0n) is 12.4. The first kappa shape index (κ1) is 16.6. The number of rotatable bonds is 10. The van der Waals surface area contributed by atoms with E-state index < -0.39 is 0 Å². The first-order chi connectivity index (χ1) is 9.13. The maximum Gasteiger partial charge on any atom is 0.0932 e. The molecule has 0 aliphatic rings. The van der Waals surface area contributed by atoms with Crippen molar-refractivity contribution < 1.29 is 9.47 Å². The molecule has 0 bridgehead atoms. The average molecular weight is 286 g/mol. The largest absolute Gasteiger partial charge is 0.382 e. The fourth-order valence-corrected chi connectivity index (χ4v) is 2.53. The van der Waals surface area contributed by atoms with Gasteiger partial charge in [-0.25, -0.2) is 4.98 Å². The Labute approximate surface area is 120 Å². The summed E-state index contributed by atoms with van der Waals surface area (Å²) in [6.07, 6.45) is 1.05. The van der Waals surface area contributed by atoms with Crippen molar-refractivity contribution in [1.82, 2.24) is 10.3 Å². The van der Waals surface area contributed by atoms with Crippen LogP contribution in [0.1, 0.15) is 24.4 Å². The second-order valence-electron chi connectivity index (χ2n) is 5.11. The van der Waals surface area contributed by atoms with Crippen LogP contribution in [0.25, 0.3) is 0 Å². The molecule has 0 saturated carbocycles. The van der Waals surface area contributed by atoms with Crippen LogP contribution in [-0.2, 0) is 15.9 Å². The third-order valence-electron chi connectivity index (χ3n) is 2.80. The minimum Gasteiger partial charge on any atom is -0.382 e. The van der Waals surface area contributed by atoms with Crippen LogP contribution >= 0.6 is 11.3 Å². The molecule has 1 aromatic heterocycles. The van der Waals surface area contributed by atoms with Gasteiger partial charge in [0.15, 0.2) is 0 Å². The summed E-state index contributed by atoms with van der Waals surface area (Å²) in [7, 11) is 1.71. The van der Waals surface area contributed by atoms with Gasteiger partial charge in [0, 0.05) is 25.0 Å². The number of ether oxygens (including phenoxy) is 2. The summed E-state index contributed by atoms with van der Waals surface area (Å²) in [6.45, 7) is 9.65. The highest BCUT2D eigenvalue weighted by molar-refractivity contribution is 7.09. The van der Waals surface area contributed by atoms with Crippen molar-refractivity contribution in [2.75, 3.05) is 33.4 Å². The van der Waals surface area contributed by atoms with Gasteiger partial charge < -0.3 is 14.8 Å². The van der Waals surface area contributed by atoms with Crippen LogP contribution in [0.3, 0.4) is 0 Å². The van der Waals surface area contributed by atoms with Gasteiger partial charge in [0.1, 0.15) is 0 Å². The molecule has 5 heteroatoms. The second kappa shape index (κ2) is 9.42. The van der Waals surface area contributed by atoms with Gasteiger partial charge >= 0.3 is 0 Å². The minimum atomic E-state index is 0.122. The van der Waals surface area contributed by atoms with Gasteiger partial charge in [-0.1, -0.05) is 13.8 Å². The molecule has 0 aromatic carbocycles. The van der Waals surface area contributed by atoms with Gasteiger partial charge in [0.2, 0.25) is 0 Å². The molecule has 0 fully saturated rings. The van der Waals surface area contributed by atoms with Gasteiger partial charge in [-0.15, -0.1) is 11.3 Å². The SMILES string of the molecule is COCC(CNCC(C)C)OCCc1scnc1C. The van der Waals surface area contributed by atoms with E-state index in [1.165, 1.54) is 4.88 Å². The highest BCUT2D eigenvalue weighted by Gasteiger charge is 2.10. The third kappa shape index (κ3) is 7.01. The lowest BCUT2D eigenvalue weighted by Crippen LogP contribution is -2.34. The van der Waals surface area contributed by atoms with E-state index in [0.717, 1.165) is 31.8 Å². The number of aryl methyl sites for hydroxylation is 1. The van der Waals surface area contributed by atoms with Crippen molar-refractivity contribution >= 4 is 11.3 Å². The molecule has 110 valence electrons. The van der Waals surface area contributed by atoms with Crippen molar-refractivity contribution in [1.29, 1.82) is 0 Å². The molecular weight excluding hydrogens is 260 g/mol. The number of nitrogens with one attached hydrogen (secondary N) is 1. The van der Waals surface area contributed by atoms with Crippen molar-refractivity contribution in [3.05, 3.63) is 16.1 Å². The Hall–Kier alpha value is -0.490. The molecule has 1 aromatic rings. The standard InChI is InChI=1S/C14H26N2O2S/c1-11(2)7-15-8-13(9-17-4)18-6-5-14-12(3)16-10-19-14/h10-11,13,15H,5-9H2,1-4H3. The molecule has 1 rings (SSSR count). The van der Waals surface area contributed by atoms with E-state index >= 15 is 0 Å². The molecule has 1 N–H and O–H groups in total. The molecule has 0 spiro atoms. The Balaban J connectivity index is 2.23. The summed E-state index contributed by atoms with van der Waals surface area (Å²) in [5.74, 6) is 0.656.